The Hall–Kier alpha value is -1.43. The molecule has 1 saturated heterocycles. The van der Waals surface area contributed by atoms with Crippen LogP contribution in [0.5, 0.6) is 0 Å². The lowest BCUT2D eigenvalue weighted by Gasteiger charge is -2.34. The van der Waals surface area contributed by atoms with Gasteiger partial charge in [0.05, 0.1) is 6.04 Å². The van der Waals surface area contributed by atoms with E-state index < -0.39 is 0 Å². The standard InChI is InChI=1S/C16H28N4O2/c1-4-5-6-15-18-16(22-19-15)12(2)20-9-7-14(8-10-20)11-17-13(3)21/h12,14H,4-11H2,1-3H3,(H,17,21)/t12-/m1/s1. The van der Waals surface area contributed by atoms with Crippen molar-refractivity contribution in [3.05, 3.63) is 11.7 Å². The quantitative estimate of drug-likeness (QED) is 0.837. The number of nitrogens with zero attached hydrogens (tertiary/aromatic N) is 3. The maximum atomic E-state index is 11.0. The molecule has 0 aliphatic carbocycles. The molecule has 2 heterocycles. The predicted molar refractivity (Wildman–Crippen MR) is 84.3 cm³/mol. The Morgan fingerprint density at radius 3 is 2.82 bits per heavy atom. The summed E-state index contributed by atoms with van der Waals surface area (Å²) in [5.41, 5.74) is 0. The third kappa shape index (κ3) is 4.80. The molecule has 1 atom stereocenters. The van der Waals surface area contributed by atoms with Crippen molar-refractivity contribution in [2.45, 2.75) is 58.9 Å². The molecule has 0 bridgehead atoms. The number of likely N-dealkylation sites (tertiary alicyclic amines) is 1. The fourth-order valence-electron chi connectivity index (χ4n) is 2.86. The summed E-state index contributed by atoms with van der Waals surface area (Å²) in [6.07, 6.45) is 5.33. The van der Waals surface area contributed by atoms with Crippen molar-refractivity contribution in [2.24, 2.45) is 5.92 Å². The number of rotatable bonds is 7. The summed E-state index contributed by atoms with van der Waals surface area (Å²) in [4.78, 5) is 17.9. The smallest absolute Gasteiger partial charge is 0.243 e. The third-order valence-electron chi connectivity index (χ3n) is 4.43. The van der Waals surface area contributed by atoms with Gasteiger partial charge in [-0.25, -0.2) is 0 Å². The van der Waals surface area contributed by atoms with Gasteiger partial charge < -0.3 is 9.84 Å². The van der Waals surface area contributed by atoms with E-state index in [0.29, 0.717) is 5.92 Å². The van der Waals surface area contributed by atoms with Crippen LogP contribution < -0.4 is 5.32 Å². The van der Waals surface area contributed by atoms with Crippen LogP contribution in [0.2, 0.25) is 0 Å². The van der Waals surface area contributed by atoms with Gasteiger partial charge in [-0.05, 0) is 45.2 Å². The fourth-order valence-corrected chi connectivity index (χ4v) is 2.86. The van der Waals surface area contributed by atoms with Gasteiger partial charge in [-0.15, -0.1) is 0 Å². The number of unbranched alkanes of at least 4 members (excludes halogenated alkanes) is 1. The maximum absolute atomic E-state index is 11.0. The van der Waals surface area contributed by atoms with Gasteiger partial charge in [0, 0.05) is 19.9 Å². The van der Waals surface area contributed by atoms with Crippen LogP contribution in [0.1, 0.15) is 64.2 Å². The third-order valence-corrected chi connectivity index (χ3v) is 4.43. The number of nitrogens with one attached hydrogen (secondary N) is 1. The van der Waals surface area contributed by atoms with Gasteiger partial charge in [0.1, 0.15) is 0 Å². The van der Waals surface area contributed by atoms with Gasteiger partial charge in [-0.3, -0.25) is 9.69 Å². The van der Waals surface area contributed by atoms with Crippen molar-refractivity contribution in [2.75, 3.05) is 19.6 Å². The molecule has 0 radical (unpaired) electrons. The molecule has 1 amide bonds. The van der Waals surface area contributed by atoms with E-state index >= 15 is 0 Å². The zero-order valence-corrected chi connectivity index (χ0v) is 14.0. The topological polar surface area (TPSA) is 71.3 Å². The molecule has 0 spiro atoms. The summed E-state index contributed by atoms with van der Waals surface area (Å²) in [6, 6.07) is 0.171. The molecule has 1 aromatic heterocycles. The molecule has 6 nitrogen and oxygen atoms in total. The highest BCUT2D eigenvalue weighted by atomic mass is 16.5. The number of hydrogen-bond acceptors (Lipinski definition) is 5. The molecule has 1 aliphatic rings. The number of amides is 1. The highest BCUT2D eigenvalue weighted by molar-refractivity contribution is 5.72. The Balaban J connectivity index is 1.80. The Morgan fingerprint density at radius 1 is 1.45 bits per heavy atom. The van der Waals surface area contributed by atoms with Crippen molar-refractivity contribution in [1.29, 1.82) is 0 Å². The van der Waals surface area contributed by atoms with Crippen molar-refractivity contribution in [3.8, 4) is 0 Å². The minimum absolute atomic E-state index is 0.0567. The minimum Gasteiger partial charge on any atom is -0.356 e. The van der Waals surface area contributed by atoms with Crippen LogP contribution in [0.25, 0.3) is 0 Å². The number of piperidine rings is 1. The molecule has 1 aliphatic heterocycles. The summed E-state index contributed by atoms with van der Waals surface area (Å²) >= 11 is 0. The summed E-state index contributed by atoms with van der Waals surface area (Å²) in [5.74, 6) is 2.19. The monoisotopic (exact) mass is 308 g/mol. The molecule has 2 rings (SSSR count). The highest BCUT2D eigenvalue weighted by Crippen LogP contribution is 2.25. The van der Waals surface area contributed by atoms with Gasteiger partial charge >= 0.3 is 0 Å². The van der Waals surface area contributed by atoms with E-state index in [1.54, 1.807) is 6.92 Å². The Kier molecular flexibility index (Phi) is 6.36. The van der Waals surface area contributed by atoms with Crippen molar-refractivity contribution >= 4 is 5.91 Å². The van der Waals surface area contributed by atoms with E-state index in [2.05, 4.69) is 34.2 Å². The molecule has 0 saturated carbocycles. The molecule has 6 heteroatoms. The number of carbonyl (C=O) groups excluding carboxylic acids is 1. The molecule has 124 valence electrons. The van der Waals surface area contributed by atoms with E-state index in [0.717, 1.165) is 63.5 Å². The Bertz CT molecular complexity index is 466. The first kappa shape index (κ1) is 16.9. The molecule has 22 heavy (non-hydrogen) atoms. The second-order valence-corrected chi connectivity index (χ2v) is 6.24. The maximum Gasteiger partial charge on any atom is 0.243 e. The van der Waals surface area contributed by atoms with Gasteiger partial charge in [0.2, 0.25) is 11.8 Å². The summed E-state index contributed by atoms with van der Waals surface area (Å²) in [6.45, 7) is 8.68. The van der Waals surface area contributed by atoms with E-state index in [4.69, 9.17) is 4.52 Å². The van der Waals surface area contributed by atoms with Crippen molar-refractivity contribution in [3.63, 3.8) is 0 Å². The average Bonchev–Trinajstić information content (AvgIpc) is 2.99. The highest BCUT2D eigenvalue weighted by Gasteiger charge is 2.26. The molecule has 1 aromatic rings. The molecular formula is C16H28N4O2. The van der Waals surface area contributed by atoms with Crippen LogP contribution in [0.4, 0.5) is 0 Å². The van der Waals surface area contributed by atoms with Crippen LogP contribution in [-0.4, -0.2) is 40.6 Å². The predicted octanol–water partition coefficient (Wildman–Crippen LogP) is 2.32. The Labute approximate surface area is 132 Å². The normalized spacial score (nSPS) is 18.3. The first-order chi connectivity index (χ1) is 10.6. The van der Waals surface area contributed by atoms with Gasteiger partial charge in [-0.2, -0.15) is 4.98 Å². The summed E-state index contributed by atoms with van der Waals surface area (Å²) in [7, 11) is 0. The zero-order valence-electron chi connectivity index (χ0n) is 14.0. The van der Waals surface area contributed by atoms with E-state index in [-0.39, 0.29) is 11.9 Å². The fraction of sp³-hybridized carbons (Fsp3) is 0.812. The lowest BCUT2D eigenvalue weighted by atomic mass is 9.96. The molecule has 1 fully saturated rings. The SMILES string of the molecule is CCCCc1noc([C@@H](C)N2CCC(CNC(C)=O)CC2)n1. The first-order valence-electron chi connectivity index (χ1n) is 8.41. The summed E-state index contributed by atoms with van der Waals surface area (Å²) < 4.78 is 5.42. The van der Waals surface area contributed by atoms with Crippen molar-refractivity contribution < 1.29 is 9.32 Å². The molecule has 0 unspecified atom stereocenters. The van der Waals surface area contributed by atoms with Crippen LogP contribution in [0.15, 0.2) is 4.52 Å². The molecular weight excluding hydrogens is 280 g/mol. The molecule has 1 N–H and O–H groups in total. The number of aryl methyl sites for hydroxylation is 1. The van der Waals surface area contributed by atoms with Crippen LogP contribution >= 0.6 is 0 Å². The van der Waals surface area contributed by atoms with Gasteiger partial charge in [0.15, 0.2) is 5.82 Å². The second kappa shape index (κ2) is 8.27. The van der Waals surface area contributed by atoms with Crippen LogP contribution in [0.3, 0.4) is 0 Å². The first-order valence-corrected chi connectivity index (χ1v) is 8.41. The number of aromatic nitrogens is 2. The lowest BCUT2D eigenvalue weighted by Crippen LogP contribution is -2.39. The molecule has 0 aromatic carbocycles. The van der Waals surface area contributed by atoms with Crippen LogP contribution in [-0.2, 0) is 11.2 Å². The largest absolute Gasteiger partial charge is 0.356 e. The van der Waals surface area contributed by atoms with E-state index in [1.807, 2.05) is 0 Å². The second-order valence-electron chi connectivity index (χ2n) is 6.24. The lowest BCUT2D eigenvalue weighted by molar-refractivity contribution is -0.119. The zero-order chi connectivity index (χ0) is 15.9. The Morgan fingerprint density at radius 2 is 2.18 bits per heavy atom. The van der Waals surface area contributed by atoms with Gasteiger partial charge in [-0.1, -0.05) is 18.5 Å². The van der Waals surface area contributed by atoms with Gasteiger partial charge in [0.25, 0.3) is 0 Å². The number of carbonyl (C=O) groups is 1. The van der Waals surface area contributed by atoms with Crippen LogP contribution in [0, 0.1) is 5.92 Å². The van der Waals surface area contributed by atoms with Crippen molar-refractivity contribution in [1.82, 2.24) is 20.4 Å². The van der Waals surface area contributed by atoms with E-state index in [9.17, 15) is 4.79 Å². The average molecular weight is 308 g/mol. The summed E-state index contributed by atoms with van der Waals surface area (Å²) in [5, 5.41) is 6.99. The minimum atomic E-state index is 0.0567. The van der Waals surface area contributed by atoms with E-state index in [1.165, 1.54) is 0 Å². The number of hydrogen-bond donors (Lipinski definition) is 1.